The fourth-order valence-corrected chi connectivity index (χ4v) is 1.32. The maximum Gasteiger partial charge on any atom is 0.270 e. The van der Waals surface area contributed by atoms with Gasteiger partial charge in [0.15, 0.2) is 0 Å². The van der Waals surface area contributed by atoms with Crippen LogP contribution in [0.1, 0.15) is 15.2 Å². The first-order valence-electron chi connectivity index (χ1n) is 3.83. The number of aromatic nitrogens is 4. The summed E-state index contributed by atoms with van der Waals surface area (Å²) in [6, 6.07) is 1.89. The van der Waals surface area contributed by atoms with E-state index in [9.17, 15) is 4.79 Å². The fourth-order valence-electron chi connectivity index (χ4n) is 0.909. The molecule has 15 heavy (non-hydrogen) atoms. The number of hydrogen-bond donors (Lipinski definition) is 2. The second-order valence-electron chi connectivity index (χ2n) is 2.51. The van der Waals surface area contributed by atoms with E-state index in [0.29, 0.717) is 4.88 Å². The lowest BCUT2D eigenvalue weighted by Crippen LogP contribution is -2.11. The van der Waals surface area contributed by atoms with Gasteiger partial charge in [0.05, 0.1) is 12.4 Å². The molecule has 0 radical (unpaired) electrons. The van der Waals surface area contributed by atoms with Crippen LogP contribution in [0.25, 0.3) is 0 Å². The predicted octanol–water partition coefficient (Wildman–Crippen LogP) is 0.385. The van der Waals surface area contributed by atoms with E-state index >= 15 is 0 Å². The molecule has 0 unspecified atom stereocenters. The molecular formula is C7H4N6OS. The average molecular weight is 220 g/mol. The number of nitrogens with one attached hydrogen (secondary N) is 2. The summed E-state index contributed by atoms with van der Waals surface area (Å²) < 4.78 is 3.56. The molecule has 2 rings (SSSR count). The molecule has 0 bridgehead atoms. The minimum Gasteiger partial charge on any atom is -0.305 e. The summed E-state index contributed by atoms with van der Waals surface area (Å²) in [4.78, 5) is 11.9. The number of anilines is 1. The number of carbonyl (C=O) groups excluding carboxylic acids is 1. The molecule has 0 aliphatic carbocycles. The van der Waals surface area contributed by atoms with Crippen molar-refractivity contribution in [3.05, 3.63) is 22.8 Å². The normalized spacial score (nSPS) is 9.53. The molecule has 0 aliphatic rings. The molecule has 1 amide bonds. The molecule has 2 aromatic rings. The van der Waals surface area contributed by atoms with Crippen molar-refractivity contribution < 1.29 is 4.79 Å². The average Bonchev–Trinajstić information content (AvgIpc) is 2.87. The summed E-state index contributed by atoms with van der Waals surface area (Å²) in [6.07, 6.45) is 2.68. The van der Waals surface area contributed by atoms with Crippen LogP contribution in [-0.2, 0) is 0 Å². The Balaban J connectivity index is 2.17. The highest BCUT2D eigenvalue weighted by molar-refractivity contribution is 7.07. The zero-order chi connectivity index (χ0) is 10.7. The Kier molecular flexibility index (Phi) is 2.38. The second kappa shape index (κ2) is 3.85. The Morgan fingerprint density at radius 2 is 2.47 bits per heavy atom. The van der Waals surface area contributed by atoms with Crippen molar-refractivity contribution >= 4 is 23.3 Å². The van der Waals surface area contributed by atoms with E-state index in [0.717, 1.165) is 11.5 Å². The third-order valence-electron chi connectivity index (χ3n) is 1.58. The third-order valence-corrected chi connectivity index (χ3v) is 2.25. The number of hydrogen-bond acceptors (Lipinski definition) is 6. The highest BCUT2D eigenvalue weighted by atomic mass is 32.1. The number of aromatic amines is 1. The van der Waals surface area contributed by atoms with Gasteiger partial charge in [-0.2, -0.15) is 10.4 Å². The van der Waals surface area contributed by atoms with Crippen LogP contribution < -0.4 is 5.32 Å². The molecule has 8 heteroatoms. The fraction of sp³-hybridized carbons (Fsp3) is 0. The molecular weight excluding hydrogens is 216 g/mol. The van der Waals surface area contributed by atoms with Gasteiger partial charge in [0.1, 0.15) is 22.3 Å². The van der Waals surface area contributed by atoms with E-state index in [1.807, 2.05) is 6.07 Å². The van der Waals surface area contributed by atoms with Crippen molar-refractivity contribution in [2.45, 2.75) is 0 Å². The summed E-state index contributed by atoms with van der Waals surface area (Å²) in [5.74, 6) is -0.0957. The Morgan fingerprint density at radius 1 is 1.60 bits per heavy atom. The van der Waals surface area contributed by atoms with Gasteiger partial charge in [-0.05, 0) is 11.5 Å². The van der Waals surface area contributed by atoms with Gasteiger partial charge in [0.25, 0.3) is 5.91 Å². The summed E-state index contributed by atoms with van der Waals surface area (Å²) in [5.41, 5.74) is 0.279. The van der Waals surface area contributed by atoms with Gasteiger partial charge in [-0.3, -0.25) is 9.89 Å². The number of carbonyl (C=O) groups is 1. The van der Waals surface area contributed by atoms with Gasteiger partial charge < -0.3 is 5.32 Å². The van der Waals surface area contributed by atoms with Crippen LogP contribution in [0.3, 0.4) is 0 Å². The lowest BCUT2D eigenvalue weighted by molar-refractivity contribution is 0.103. The summed E-state index contributed by atoms with van der Waals surface area (Å²) in [5, 5.41) is 20.8. The van der Waals surface area contributed by atoms with Crippen molar-refractivity contribution in [3.8, 4) is 6.07 Å². The first-order chi connectivity index (χ1) is 7.31. The molecule has 0 aromatic carbocycles. The van der Waals surface area contributed by atoms with Gasteiger partial charge in [-0.1, -0.05) is 4.49 Å². The molecule has 74 valence electrons. The monoisotopic (exact) mass is 220 g/mol. The van der Waals surface area contributed by atoms with Crippen LogP contribution in [0.2, 0.25) is 0 Å². The maximum absolute atomic E-state index is 11.5. The van der Waals surface area contributed by atoms with Gasteiger partial charge in [-0.15, -0.1) is 5.10 Å². The lowest BCUT2D eigenvalue weighted by Gasteiger charge is -1.98. The number of H-pyrrole nitrogens is 1. The standard InChI is InChI=1S/C7H4N6OS/c8-1-4-2-9-12-6(4)11-7(14)5-3-10-13-15-5/h2-3H,(H2,9,11,12,14). The number of nitriles is 1. The quantitative estimate of drug-likeness (QED) is 0.760. The van der Waals surface area contributed by atoms with Crippen molar-refractivity contribution in [2.75, 3.05) is 5.32 Å². The Hall–Kier alpha value is -2.27. The molecule has 2 aromatic heterocycles. The molecule has 0 fully saturated rings. The number of nitrogens with zero attached hydrogens (tertiary/aromatic N) is 4. The van der Waals surface area contributed by atoms with Crippen molar-refractivity contribution in [3.63, 3.8) is 0 Å². The van der Waals surface area contributed by atoms with E-state index in [1.165, 1.54) is 12.4 Å². The van der Waals surface area contributed by atoms with E-state index in [-0.39, 0.29) is 17.3 Å². The summed E-state index contributed by atoms with van der Waals surface area (Å²) in [6.45, 7) is 0. The van der Waals surface area contributed by atoms with Crippen molar-refractivity contribution in [2.24, 2.45) is 0 Å². The molecule has 0 saturated heterocycles. The van der Waals surface area contributed by atoms with Crippen LogP contribution in [0.5, 0.6) is 0 Å². The first kappa shape index (κ1) is 9.29. The highest BCUT2D eigenvalue weighted by Crippen LogP contribution is 2.11. The number of amides is 1. The molecule has 0 saturated carbocycles. The lowest BCUT2D eigenvalue weighted by atomic mass is 10.3. The second-order valence-corrected chi connectivity index (χ2v) is 3.29. The first-order valence-corrected chi connectivity index (χ1v) is 4.61. The van der Waals surface area contributed by atoms with Gasteiger partial charge >= 0.3 is 0 Å². The summed E-state index contributed by atoms with van der Waals surface area (Å²) >= 11 is 0.976. The van der Waals surface area contributed by atoms with E-state index in [2.05, 4.69) is 25.1 Å². The molecule has 2 heterocycles. The summed E-state index contributed by atoms with van der Waals surface area (Å²) in [7, 11) is 0. The van der Waals surface area contributed by atoms with E-state index in [4.69, 9.17) is 5.26 Å². The molecule has 0 aliphatic heterocycles. The largest absolute Gasteiger partial charge is 0.305 e. The third kappa shape index (κ3) is 1.82. The minimum absolute atomic E-state index is 0.274. The molecule has 2 N–H and O–H groups in total. The molecule has 0 spiro atoms. The van der Waals surface area contributed by atoms with Crippen LogP contribution in [0.15, 0.2) is 12.4 Å². The SMILES string of the molecule is N#Cc1cn[nH]c1NC(=O)c1cnns1. The van der Waals surface area contributed by atoms with Gasteiger partial charge in [-0.25, -0.2) is 0 Å². The van der Waals surface area contributed by atoms with Gasteiger partial charge in [0, 0.05) is 0 Å². The van der Waals surface area contributed by atoms with Crippen LogP contribution in [0, 0.1) is 11.3 Å². The zero-order valence-corrected chi connectivity index (χ0v) is 8.08. The van der Waals surface area contributed by atoms with Crippen LogP contribution in [0.4, 0.5) is 5.82 Å². The molecule has 7 nitrogen and oxygen atoms in total. The Bertz CT molecular complexity index is 510. The Labute approximate surface area is 87.9 Å². The van der Waals surface area contributed by atoms with Crippen LogP contribution >= 0.6 is 11.5 Å². The Morgan fingerprint density at radius 3 is 3.13 bits per heavy atom. The van der Waals surface area contributed by atoms with E-state index < -0.39 is 0 Å². The minimum atomic E-state index is -0.370. The van der Waals surface area contributed by atoms with Gasteiger partial charge in [0.2, 0.25) is 0 Å². The topological polar surface area (TPSA) is 107 Å². The zero-order valence-electron chi connectivity index (χ0n) is 7.26. The smallest absolute Gasteiger partial charge is 0.270 e. The maximum atomic E-state index is 11.5. The van der Waals surface area contributed by atoms with Crippen molar-refractivity contribution in [1.29, 1.82) is 5.26 Å². The van der Waals surface area contributed by atoms with Crippen LogP contribution in [-0.4, -0.2) is 25.7 Å². The number of rotatable bonds is 2. The van der Waals surface area contributed by atoms with Crippen molar-refractivity contribution in [1.82, 2.24) is 19.8 Å². The molecule has 0 atom stereocenters. The highest BCUT2D eigenvalue weighted by Gasteiger charge is 2.12. The predicted molar refractivity (Wildman–Crippen MR) is 51.2 cm³/mol. The van der Waals surface area contributed by atoms with E-state index in [1.54, 1.807) is 0 Å².